The lowest BCUT2D eigenvalue weighted by molar-refractivity contribution is -0.140. The minimum absolute atomic E-state index is 0.0369. The van der Waals surface area contributed by atoms with Crippen molar-refractivity contribution >= 4 is 23.3 Å². The van der Waals surface area contributed by atoms with Crippen molar-refractivity contribution in [2.24, 2.45) is 0 Å². The van der Waals surface area contributed by atoms with Crippen LogP contribution in [-0.2, 0) is 19.9 Å². The fourth-order valence-electron chi connectivity index (χ4n) is 4.53. The molecule has 162 valence electrons. The second-order valence-corrected chi connectivity index (χ2v) is 7.54. The molecule has 1 spiro atoms. The number of methoxy groups -OCH3 is 1. The zero-order valence-corrected chi connectivity index (χ0v) is 17.7. The quantitative estimate of drug-likeness (QED) is 0.542. The van der Waals surface area contributed by atoms with Gasteiger partial charge in [-0.1, -0.05) is 18.2 Å². The monoisotopic (exact) mass is 424 g/mol. The zero-order valence-electron chi connectivity index (χ0n) is 17.7. The molecule has 2 aromatic rings. The number of fused-ring (bicyclic) bond motifs is 2. The highest BCUT2D eigenvalue weighted by molar-refractivity contribution is 6.25. The lowest BCUT2D eigenvalue weighted by atomic mass is 9.81. The summed E-state index contributed by atoms with van der Waals surface area (Å²) in [5.41, 5.74) is -0.921. The van der Waals surface area contributed by atoms with E-state index in [1.807, 2.05) is 6.92 Å². The van der Waals surface area contributed by atoms with E-state index in [9.17, 15) is 19.5 Å². The van der Waals surface area contributed by atoms with Gasteiger partial charge in [0.25, 0.3) is 11.8 Å². The highest BCUT2D eigenvalue weighted by atomic mass is 16.5. The predicted molar refractivity (Wildman–Crippen MR) is 112 cm³/mol. The van der Waals surface area contributed by atoms with Crippen LogP contribution in [0.15, 0.2) is 52.1 Å². The van der Waals surface area contributed by atoms with E-state index in [-0.39, 0.29) is 17.9 Å². The summed E-state index contributed by atoms with van der Waals surface area (Å²) < 4.78 is 10.6. The summed E-state index contributed by atoms with van der Waals surface area (Å²) in [6.45, 7) is 4.34. The second-order valence-electron chi connectivity index (χ2n) is 7.54. The first-order chi connectivity index (χ1) is 14.9. The summed E-state index contributed by atoms with van der Waals surface area (Å²) in [4.78, 5) is 43.4. The third kappa shape index (κ3) is 2.82. The molecule has 0 bridgehead atoms. The van der Waals surface area contributed by atoms with Crippen LogP contribution in [0.25, 0.3) is 0 Å². The van der Waals surface area contributed by atoms with E-state index < -0.39 is 28.9 Å². The van der Waals surface area contributed by atoms with Gasteiger partial charge in [-0.3, -0.25) is 14.4 Å². The van der Waals surface area contributed by atoms with Gasteiger partial charge >= 0.3 is 0 Å². The summed E-state index contributed by atoms with van der Waals surface area (Å²) in [7, 11) is 1.54. The highest BCUT2D eigenvalue weighted by Gasteiger charge is 2.65. The van der Waals surface area contributed by atoms with Crippen LogP contribution >= 0.6 is 0 Å². The summed E-state index contributed by atoms with van der Waals surface area (Å²) in [5, 5.41) is 10.9. The lowest BCUT2D eigenvalue weighted by Gasteiger charge is -2.35. The molecule has 0 saturated carbocycles. The number of nitrogens with zero attached hydrogens (tertiary/aromatic N) is 2. The third-order valence-corrected chi connectivity index (χ3v) is 5.83. The van der Waals surface area contributed by atoms with Gasteiger partial charge in [-0.25, -0.2) is 0 Å². The number of benzene rings is 1. The third-order valence-electron chi connectivity index (χ3n) is 5.83. The van der Waals surface area contributed by atoms with Crippen LogP contribution in [-0.4, -0.2) is 54.4 Å². The molecule has 1 N–H and O–H groups in total. The maximum Gasteiger partial charge on any atom is 0.290 e. The molecular formula is C23H24N2O6. The molecule has 1 unspecified atom stereocenters. The first-order valence-electron chi connectivity index (χ1n) is 10.2. The fourth-order valence-corrected chi connectivity index (χ4v) is 4.53. The standard InChI is InChI=1S/C23H24N2O6/c1-4-24-16-9-6-5-8-15(16)23(22(24)29)18(19(26)17-11-10-14(2)31-17)20(27)21(28)25(23)12-7-13-30-3/h5-6,8-11,27H,4,7,12-13H2,1-3H3. The van der Waals surface area contributed by atoms with Gasteiger partial charge in [0.2, 0.25) is 5.78 Å². The van der Waals surface area contributed by atoms with Gasteiger partial charge in [-0.2, -0.15) is 0 Å². The number of amides is 2. The Bertz CT molecular complexity index is 1100. The smallest absolute Gasteiger partial charge is 0.290 e. The Labute approximate surface area is 179 Å². The molecule has 1 atom stereocenters. The van der Waals surface area contributed by atoms with Crippen molar-refractivity contribution in [3.8, 4) is 0 Å². The molecule has 0 fully saturated rings. The molecule has 2 amide bonds. The Morgan fingerprint density at radius 3 is 2.58 bits per heavy atom. The van der Waals surface area contributed by atoms with Gasteiger partial charge in [0, 0.05) is 32.4 Å². The summed E-state index contributed by atoms with van der Waals surface area (Å²) in [6.07, 6.45) is 0.431. The van der Waals surface area contributed by atoms with Gasteiger partial charge in [-0.05, 0) is 38.5 Å². The van der Waals surface area contributed by atoms with Crippen LogP contribution in [0.1, 0.15) is 35.2 Å². The number of aryl methyl sites for hydroxylation is 1. The molecular weight excluding hydrogens is 400 g/mol. The normalized spacial score (nSPS) is 20.4. The molecule has 1 aromatic heterocycles. The number of furan rings is 1. The van der Waals surface area contributed by atoms with Gasteiger partial charge in [0.1, 0.15) is 5.76 Å². The van der Waals surface area contributed by atoms with Crippen LogP contribution in [0.5, 0.6) is 0 Å². The number of ether oxygens (including phenoxy) is 1. The number of carbonyl (C=O) groups is 3. The van der Waals surface area contributed by atoms with Gasteiger partial charge in [0.15, 0.2) is 17.1 Å². The Balaban J connectivity index is 1.96. The molecule has 8 heteroatoms. The van der Waals surface area contributed by atoms with Crippen LogP contribution in [0, 0.1) is 6.92 Å². The number of aliphatic hydroxyl groups excluding tert-OH is 1. The predicted octanol–water partition coefficient (Wildman–Crippen LogP) is 2.72. The Kier molecular flexibility index (Phi) is 5.18. The van der Waals surface area contributed by atoms with Crippen LogP contribution in [0.2, 0.25) is 0 Å². The number of para-hydroxylation sites is 1. The minimum Gasteiger partial charge on any atom is -0.503 e. The molecule has 0 aliphatic carbocycles. The number of Topliss-reactive ketones (excluding diaryl/α,β-unsaturated/α-hetero) is 1. The number of hydrogen-bond acceptors (Lipinski definition) is 6. The number of ketones is 1. The fraction of sp³-hybridized carbons (Fsp3) is 0.348. The SMILES string of the molecule is CCN1C(=O)C2(C(C(=O)c3ccc(C)o3)=C(O)C(=O)N2CCCOC)c2ccccc21. The lowest BCUT2D eigenvalue weighted by Crippen LogP contribution is -2.54. The maximum atomic E-state index is 13.9. The minimum atomic E-state index is -1.75. The Morgan fingerprint density at radius 1 is 1.19 bits per heavy atom. The van der Waals surface area contributed by atoms with Gasteiger partial charge in [-0.15, -0.1) is 0 Å². The average Bonchev–Trinajstić information content (AvgIpc) is 3.37. The molecule has 4 rings (SSSR count). The van der Waals surface area contributed by atoms with E-state index in [0.29, 0.717) is 36.6 Å². The van der Waals surface area contributed by atoms with E-state index in [0.717, 1.165) is 0 Å². The van der Waals surface area contributed by atoms with E-state index >= 15 is 0 Å². The van der Waals surface area contributed by atoms with Crippen molar-refractivity contribution in [2.45, 2.75) is 25.8 Å². The van der Waals surface area contributed by atoms with Crippen molar-refractivity contribution in [1.29, 1.82) is 0 Å². The van der Waals surface area contributed by atoms with Crippen molar-refractivity contribution in [2.75, 3.05) is 31.7 Å². The number of carbonyl (C=O) groups excluding carboxylic acids is 3. The zero-order chi connectivity index (χ0) is 22.3. The molecule has 31 heavy (non-hydrogen) atoms. The topological polar surface area (TPSA) is 100 Å². The second kappa shape index (κ2) is 7.70. The van der Waals surface area contributed by atoms with Crippen molar-refractivity contribution in [1.82, 2.24) is 4.90 Å². The van der Waals surface area contributed by atoms with E-state index in [1.165, 1.54) is 15.9 Å². The first-order valence-corrected chi connectivity index (χ1v) is 10.2. The van der Waals surface area contributed by atoms with Gasteiger partial charge < -0.3 is 24.1 Å². The molecule has 1 aromatic carbocycles. The summed E-state index contributed by atoms with van der Waals surface area (Å²) in [6, 6.07) is 10.1. The largest absolute Gasteiger partial charge is 0.503 e. The number of anilines is 1. The number of rotatable bonds is 7. The van der Waals surface area contributed by atoms with Crippen LogP contribution in [0.3, 0.4) is 0 Å². The molecule has 2 aliphatic heterocycles. The number of aliphatic hydroxyl groups is 1. The average molecular weight is 424 g/mol. The first kappa shape index (κ1) is 20.9. The maximum absolute atomic E-state index is 13.9. The van der Waals surface area contributed by atoms with Crippen molar-refractivity contribution in [3.05, 3.63) is 64.8 Å². The Hall–Kier alpha value is -3.39. The van der Waals surface area contributed by atoms with Crippen LogP contribution < -0.4 is 4.90 Å². The highest BCUT2D eigenvalue weighted by Crippen LogP contribution is 2.53. The molecule has 8 nitrogen and oxygen atoms in total. The molecule has 2 aliphatic rings. The van der Waals surface area contributed by atoms with E-state index in [2.05, 4.69) is 0 Å². The number of likely N-dealkylation sites (N-methyl/N-ethyl adjacent to an activating group) is 1. The van der Waals surface area contributed by atoms with Crippen LogP contribution in [0.4, 0.5) is 5.69 Å². The van der Waals surface area contributed by atoms with Crippen molar-refractivity contribution in [3.63, 3.8) is 0 Å². The van der Waals surface area contributed by atoms with E-state index in [1.54, 1.807) is 44.4 Å². The van der Waals surface area contributed by atoms with Crippen molar-refractivity contribution < 1.29 is 28.6 Å². The summed E-state index contributed by atoms with van der Waals surface area (Å²) >= 11 is 0. The summed E-state index contributed by atoms with van der Waals surface area (Å²) in [5.74, 6) is -2.15. The molecule has 0 radical (unpaired) electrons. The number of hydrogen-bond donors (Lipinski definition) is 1. The van der Waals surface area contributed by atoms with E-state index in [4.69, 9.17) is 9.15 Å². The van der Waals surface area contributed by atoms with Gasteiger partial charge in [0.05, 0.1) is 11.3 Å². The molecule has 3 heterocycles. The molecule has 0 saturated heterocycles. The Morgan fingerprint density at radius 2 is 1.94 bits per heavy atom.